The Balaban J connectivity index is 2.36. The largest absolute Gasteiger partial charge is 0.310 e. The topological polar surface area (TPSA) is 12.0 Å². The van der Waals surface area contributed by atoms with E-state index in [1.807, 2.05) is 19.1 Å². The van der Waals surface area contributed by atoms with Crippen LogP contribution < -0.4 is 5.32 Å². The summed E-state index contributed by atoms with van der Waals surface area (Å²) in [6, 6.07) is 5.39. The van der Waals surface area contributed by atoms with E-state index in [0.717, 1.165) is 5.56 Å². The number of rotatable bonds is 1. The summed E-state index contributed by atoms with van der Waals surface area (Å²) in [7, 11) is 0. The Bertz CT molecular complexity index is 334. The summed E-state index contributed by atoms with van der Waals surface area (Å²) in [5.74, 6) is 0. The van der Waals surface area contributed by atoms with Crippen LogP contribution in [0.3, 0.4) is 0 Å². The lowest BCUT2D eigenvalue weighted by Crippen LogP contribution is -2.53. The first kappa shape index (κ1) is 8.97. The SMILES string of the molecule is Cc1ccc(C2(F)CNC2)cc1Cl. The molecule has 0 aromatic heterocycles. The van der Waals surface area contributed by atoms with Crippen LogP contribution in [0.2, 0.25) is 5.02 Å². The molecule has 1 saturated heterocycles. The molecule has 2 rings (SSSR count). The zero-order valence-electron chi connectivity index (χ0n) is 7.40. The minimum atomic E-state index is -1.20. The van der Waals surface area contributed by atoms with Gasteiger partial charge in [-0.2, -0.15) is 0 Å². The average Bonchev–Trinajstić information content (AvgIpc) is 2.06. The van der Waals surface area contributed by atoms with Crippen LogP contribution in [0.5, 0.6) is 0 Å². The van der Waals surface area contributed by atoms with Gasteiger partial charge in [0.25, 0.3) is 0 Å². The molecular formula is C10H11ClFN. The molecule has 0 amide bonds. The molecule has 0 atom stereocenters. The van der Waals surface area contributed by atoms with E-state index in [4.69, 9.17) is 11.6 Å². The third-order valence-electron chi connectivity index (χ3n) is 2.50. The highest BCUT2D eigenvalue weighted by Crippen LogP contribution is 2.32. The molecule has 70 valence electrons. The standard InChI is InChI=1S/C10H11ClFN/c1-7-2-3-8(4-9(7)11)10(12)5-13-6-10/h2-4,13H,5-6H2,1H3. The molecule has 1 fully saturated rings. The first-order chi connectivity index (χ1) is 6.12. The number of aryl methyl sites for hydroxylation is 1. The molecule has 13 heavy (non-hydrogen) atoms. The van der Waals surface area contributed by atoms with Gasteiger partial charge in [0, 0.05) is 18.1 Å². The Hall–Kier alpha value is -0.600. The Labute approximate surface area is 81.9 Å². The van der Waals surface area contributed by atoms with Gasteiger partial charge in [-0.3, -0.25) is 0 Å². The van der Waals surface area contributed by atoms with Crippen molar-refractivity contribution in [3.63, 3.8) is 0 Å². The third-order valence-corrected chi connectivity index (χ3v) is 2.91. The average molecular weight is 200 g/mol. The summed E-state index contributed by atoms with van der Waals surface area (Å²) >= 11 is 5.91. The van der Waals surface area contributed by atoms with E-state index in [1.165, 1.54) is 0 Å². The van der Waals surface area contributed by atoms with Crippen molar-refractivity contribution in [2.24, 2.45) is 0 Å². The minimum absolute atomic E-state index is 0.395. The van der Waals surface area contributed by atoms with Crippen molar-refractivity contribution in [2.45, 2.75) is 12.6 Å². The van der Waals surface area contributed by atoms with Crippen LogP contribution in [0.4, 0.5) is 4.39 Å². The van der Waals surface area contributed by atoms with E-state index in [0.29, 0.717) is 23.7 Å². The molecule has 1 aliphatic heterocycles. The summed E-state index contributed by atoms with van der Waals surface area (Å²) in [6.45, 7) is 2.70. The molecule has 0 unspecified atom stereocenters. The first-order valence-electron chi connectivity index (χ1n) is 4.28. The highest BCUT2D eigenvalue weighted by molar-refractivity contribution is 6.31. The number of benzene rings is 1. The van der Waals surface area contributed by atoms with Gasteiger partial charge < -0.3 is 5.32 Å². The van der Waals surface area contributed by atoms with Gasteiger partial charge >= 0.3 is 0 Å². The van der Waals surface area contributed by atoms with Crippen LogP contribution in [-0.4, -0.2) is 13.1 Å². The van der Waals surface area contributed by atoms with E-state index in [1.54, 1.807) is 6.07 Å². The lowest BCUT2D eigenvalue weighted by atomic mass is 9.90. The summed E-state index contributed by atoms with van der Waals surface area (Å²) in [5.41, 5.74) is 0.472. The highest BCUT2D eigenvalue weighted by atomic mass is 35.5. The van der Waals surface area contributed by atoms with Crippen molar-refractivity contribution in [3.8, 4) is 0 Å². The molecule has 0 saturated carbocycles. The Kier molecular flexibility index (Phi) is 2.05. The van der Waals surface area contributed by atoms with Crippen molar-refractivity contribution in [3.05, 3.63) is 34.3 Å². The fraction of sp³-hybridized carbons (Fsp3) is 0.400. The molecule has 1 aromatic rings. The molecule has 0 bridgehead atoms. The maximum absolute atomic E-state index is 13.8. The van der Waals surface area contributed by atoms with Crippen LogP contribution in [0.1, 0.15) is 11.1 Å². The minimum Gasteiger partial charge on any atom is -0.310 e. The smallest absolute Gasteiger partial charge is 0.160 e. The van der Waals surface area contributed by atoms with E-state index in [-0.39, 0.29) is 0 Å². The normalized spacial score (nSPS) is 19.6. The third kappa shape index (κ3) is 1.45. The Morgan fingerprint density at radius 3 is 2.62 bits per heavy atom. The molecule has 1 aromatic carbocycles. The monoisotopic (exact) mass is 199 g/mol. The zero-order valence-corrected chi connectivity index (χ0v) is 8.16. The molecule has 3 heteroatoms. The number of halogens is 2. The maximum atomic E-state index is 13.8. The van der Waals surface area contributed by atoms with Gasteiger partial charge in [-0.25, -0.2) is 4.39 Å². The zero-order chi connectivity index (χ0) is 9.47. The second-order valence-corrected chi connectivity index (χ2v) is 3.94. The predicted molar refractivity (Wildman–Crippen MR) is 51.8 cm³/mol. The number of hydrogen-bond donors (Lipinski definition) is 1. The second-order valence-electron chi connectivity index (χ2n) is 3.53. The summed E-state index contributed by atoms with van der Waals surface area (Å²) in [6.07, 6.45) is 0. The molecule has 0 aliphatic carbocycles. The lowest BCUT2D eigenvalue weighted by molar-refractivity contribution is 0.0891. The summed E-state index contributed by atoms with van der Waals surface area (Å²) < 4.78 is 13.8. The van der Waals surface area contributed by atoms with E-state index < -0.39 is 5.67 Å². The van der Waals surface area contributed by atoms with Crippen molar-refractivity contribution >= 4 is 11.6 Å². The van der Waals surface area contributed by atoms with Gasteiger partial charge in [0.1, 0.15) is 0 Å². The summed E-state index contributed by atoms with van der Waals surface area (Å²) in [4.78, 5) is 0. The van der Waals surface area contributed by atoms with Gasteiger partial charge in [0.05, 0.1) is 0 Å². The number of hydrogen-bond acceptors (Lipinski definition) is 1. The first-order valence-corrected chi connectivity index (χ1v) is 4.66. The van der Waals surface area contributed by atoms with Crippen molar-refractivity contribution in [1.29, 1.82) is 0 Å². The molecule has 1 heterocycles. The number of alkyl halides is 1. The molecule has 1 nitrogen and oxygen atoms in total. The molecule has 0 radical (unpaired) electrons. The molecule has 1 N–H and O–H groups in total. The molecule has 1 aliphatic rings. The van der Waals surface area contributed by atoms with Crippen molar-refractivity contribution in [2.75, 3.05) is 13.1 Å². The highest BCUT2D eigenvalue weighted by Gasteiger charge is 2.38. The summed E-state index contributed by atoms with van der Waals surface area (Å²) in [5, 5.41) is 3.56. The Morgan fingerprint density at radius 2 is 2.15 bits per heavy atom. The van der Waals surface area contributed by atoms with Crippen LogP contribution >= 0.6 is 11.6 Å². The van der Waals surface area contributed by atoms with Crippen LogP contribution in [-0.2, 0) is 5.67 Å². The van der Waals surface area contributed by atoms with Gasteiger partial charge in [0.2, 0.25) is 0 Å². The Morgan fingerprint density at radius 1 is 1.46 bits per heavy atom. The van der Waals surface area contributed by atoms with Gasteiger partial charge in [-0.05, 0) is 24.1 Å². The van der Waals surface area contributed by atoms with Gasteiger partial charge in [-0.15, -0.1) is 0 Å². The van der Waals surface area contributed by atoms with Crippen LogP contribution in [0.25, 0.3) is 0 Å². The molecule has 0 spiro atoms. The van der Waals surface area contributed by atoms with Crippen molar-refractivity contribution in [1.82, 2.24) is 5.32 Å². The second kappa shape index (κ2) is 2.96. The fourth-order valence-electron chi connectivity index (χ4n) is 1.42. The van der Waals surface area contributed by atoms with E-state index >= 15 is 0 Å². The van der Waals surface area contributed by atoms with Crippen molar-refractivity contribution < 1.29 is 4.39 Å². The van der Waals surface area contributed by atoms with Gasteiger partial charge in [-0.1, -0.05) is 23.7 Å². The fourth-order valence-corrected chi connectivity index (χ4v) is 1.60. The van der Waals surface area contributed by atoms with Crippen LogP contribution in [0.15, 0.2) is 18.2 Å². The van der Waals surface area contributed by atoms with E-state index in [9.17, 15) is 4.39 Å². The molecular weight excluding hydrogens is 189 g/mol. The lowest BCUT2D eigenvalue weighted by Gasteiger charge is -2.35. The van der Waals surface area contributed by atoms with Crippen LogP contribution in [0, 0.1) is 6.92 Å². The maximum Gasteiger partial charge on any atom is 0.160 e. The number of nitrogens with one attached hydrogen (secondary N) is 1. The predicted octanol–water partition coefficient (Wildman–Crippen LogP) is 2.42. The van der Waals surface area contributed by atoms with Gasteiger partial charge in [0.15, 0.2) is 5.67 Å². The quantitative estimate of drug-likeness (QED) is 0.733. The van der Waals surface area contributed by atoms with E-state index in [2.05, 4.69) is 5.32 Å².